The van der Waals surface area contributed by atoms with Gasteiger partial charge in [-0.1, -0.05) is 30.3 Å². The molecule has 0 aliphatic carbocycles. The maximum absolute atomic E-state index is 11.2. The van der Waals surface area contributed by atoms with Gasteiger partial charge < -0.3 is 10.6 Å². The van der Waals surface area contributed by atoms with E-state index in [1.54, 1.807) is 7.05 Å². The Hall–Kier alpha value is -1.35. The molecule has 88 valence electrons. The lowest BCUT2D eigenvalue weighted by Crippen LogP contribution is -2.34. The van der Waals surface area contributed by atoms with E-state index in [1.807, 2.05) is 25.1 Å². The van der Waals surface area contributed by atoms with Crippen molar-refractivity contribution in [2.45, 2.75) is 32.4 Å². The highest BCUT2D eigenvalue weighted by Gasteiger charge is 2.11. The van der Waals surface area contributed by atoms with E-state index >= 15 is 0 Å². The van der Waals surface area contributed by atoms with Gasteiger partial charge in [0.25, 0.3) is 0 Å². The van der Waals surface area contributed by atoms with Gasteiger partial charge in [-0.15, -0.1) is 0 Å². The third-order valence-corrected chi connectivity index (χ3v) is 2.60. The van der Waals surface area contributed by atoms with Gasteiger partial charge in [0.2, 0.25) is 5.91 Å². The molecule has 1 rings (SSSR count). The monoisotopic (exact) mass is 220 g/mol. The second-order valence-corrected chi connectivity index (χ2v) is 4.08. The molecule has 16 heavy (non-hydrogen) atoms. The fourth-order valence-electron chi connectivity index (χ4n) is 1.70. The predicted molar refractivity (Wildman–Crippen MR) is 66.1 cm³/mol. The Labute approximate surface area is 97.2 Å². The first-order valence-corrected chi connectivity index (χ1v) is 5.65. The number of carbonyl (C=O) groups is 1. The molecule has 1 amide bonds. The Bertz CT molecular complexity index is 324. The molecular weight excluding hydrogens is 200 g/mol. The standard InChI is InChI=1S/C13H20N2O/c1-10(9-13(16)14-3)15-11(2)12-7-5-4-6-8-12/h4-8,10-11,15H,9H2,1-3H3,(H,14,16)/t10?,11-/m1/s1. The summed E-state index contributed by atoms with van der Waals surface area (Å²) in [5, 5.41) is 6.03. The second-order valence-electron chi connectivity index (χ2n) is 4.08. The van der Waals surface area contributed by atoms with Crippen molar-refractivity contribution in [1.29, 1.82) is 0 Å². The normalized spacial score (nSPS) is 14.2. The summed E-state index contributed by atoms with van der Waals surface area (Å²) in [4.78, 5) is 11.2. The number of carbonyl (C=O) groups excluding carboxylic acids is 1. The molecule has 3 heteroatoms. The highest BCUT2D eigenvalue weighted by Crippen LogP contribution is 2.12. The van der Waals surface area contributed by atoms with E-state index in [2.05, 4.69) is 29.7 Å². The van der Waals surface area contributed by atoms with Crippen LogP contribution in [0.3, 0.4) is 0 Å². The zero-order chi connectivity index (χ0) is 12.0. The molecule has 0 spiro atoms. The summed E-state index contributed by atoms with van der Waals surface area (Å²) in [6.45, 7) is 4.13. The molecule has 0 radical (unpaired) electrons. The van der Waals surface area contributed by atoms with Gasteiger partial charge in [0.05, 0.1) is 0 Å². The molecule has 0 saturated heterocycles. The van der Waals surface area contributed by atoms with E-state index in [-0.39, 0.29) is 18.0 Å². The van der Waals surface area contributed by atoms with Gasteiger partial charge in [-0.3, -0.25) is 4.79 Å². The maximum Gasteiger partial charge on any atom is 0.221 e. The zero-order valence-electron chi connectivity index (χ0n) is 10.2. The predicted octanol–water partition coefficient (Wildman–Crippen LogP) is 1.86. The van der Waals surface area contributed by atoms with Crippen LogP contribution in [-0.4, -0.2) is 19.0 Å². The third-order valence-electron chi connectivity index (χ3n) is 2.60. The molecule has 2 N–H and O–H groups in total. The molecule has 1 aromatic carbocycles. The smallest absolute Gasteiger partial charge is 0.221 e. The SMILES string of the molecule is CNC(=O)CC(C)N[C@H](C)c1ccccc1. The van der Waals surface area contributed by atoms with E-state index < -0.39 is 0 Å². The number of amides is 1. The van der Waals surface area contributed by atoms with Crippen LogP contribution in [0.1, 0.15) is 31.9 Å². The van der Waals surface area contributed by atoms with Crippen molar-refractivity contribution in [2.24, 2.45) is 0 Å². The Morgan fingerprint density at radius 1 is 1.25 bits per heavy atom. The number of rotatable bonds is 5. The summed E-state index contributed by atoms with van der Waals surface area (Å²) < 4.78 is 0. The van der Waals surface area contributed by atoms with Crippen LogP contribution in [0, 0.1) is 0 Å². The average Bonchev–Trinajstić information content (AvgIpc) is 2.29. The molecule has 1 unspecified atom stereocenters. The minimum Gasteiger partial charge on any atom is -0.359 e. The molecular formula is C13H20N2O. The first-order chi connectivity index (χ1) is 7.63. The minimum absolute atomic E-state index is 0.0697. The van der Waals surface area contributed by atoms with Gasteiger partial charge in [0.15, 0.2) is 0 Å². The molecule has 2 atom stereocenters. The fraction of sp³-hybridized carbons (Fsp3) is 0.462. The lowest BCUT2D eigenvalue weighted by molar-refractivity contribution is -0.121. The molecule has 0 aliphatic heterocycles. The summed E-state index contributed by atoms with van der Waals surface area (Å²) in [5.41, 5.74) is 1.24. The minimum atomic E-state index is 0.0697. The Morgan fingerprint density at radius 3 is 2.44 bits per heavy atom. The zero-order valence-corrected chi connectivity index (χ0v) is 10.2. The maximum atomic E-state index is 11.2. The largest absolute Gasteiger partial charge is 0.359 e. The Morgan fingerprint density at radius 2 is 1.88 bits per heavy atom. The van der Waals surface area contributed by atoms with Crippen molar-refractivity contribution >= 4 is 5.91 Å². The van der Waals surface area contributed by atoms with Crippen LogP contribution in [0.5, 0.6) is 0 Å². The van der Waals surface area contributed by atoms with Crippen LogP contribution in [0.25, 0.3) is 0 Å². The van der Waals surface area contributed by atoms with Crippen molar-refractivity contribution in [3.05, 3.63) is 35.9 Å². The molecule has 0 bridgehead atoms. The second kappa shape index (κ2) is 6.28. The summed E-state index contributed by atoms with van der Waals surface area (Å²) in [6, 6.07) is 10.7. The topological polar surface area (TPSA) is 41.1 Å². The van der Waals surface area contributed by atoms with E-state index in [4.69, 9.17) is 0 Å². The van der Waals surface area contributed by atoms with Gasteiger partial charge in [0, 0.05) is 25.6 Å². The third kappa shape index (κ3) is 4.03. The number of hydrogen-bond donors (Lipinski definition) is 2. The van der Waals surface area contributed by atoms with Gasteiger partial charge in [-0.25, -0.2) is 0 Å². The van der Waals surface area contributed by atoms with Gasteiger partial charge in [-0.05, 0) is 19.4 Å². The van der Waals surface area contributed by atoms with Crippen LogP contribution >= 0.6 is 0 Å². The van der Waals surface area contributed by atoms with Gasteiger partial charge in [0.1, 0.15) is 0 Å². The van der Waals surface area contributed by atoms with Crippen molar-refractivity contribution in [2.75, 3.05) is 7.05 Å². The Kier molecular flexibility index (Phi) is 4.99. The number of hydrogen-bond acceptors (Lipinski definition) is 2. The van der Waals surface area contributed by atoms with Crippen molar-refractivity contribution < 1.29 is 4.79 Å². The fourth-order valence-corrected chi connectivity index (χ4v) is 1.70. The average molecular weight is 220 g/mol. The van der Waals surface area contributed by atoms with Crippen LogP contribution in [0.15, 0.2) is 30.3 Å². The molecule has 0 aliphatic rings. The van der Waals surface area contributed by atoms with Crippen molar-refractivity contribution in [3.8, 4) is 0 Å². The first kappa shape index (κ1) is 12.7. The Balaban J connectivity index is 2.45. The summed E-state index contributed by atoms with van der Waals surface area (Å²) in [7, 11) is 1.66. The lowest BCUT2D eigenvalue weighted by Gasteiger charge is -2.19. The van der Waals surface area contributed by atoms with E-state index in [1.165, 1.54) is 5.56 Å². The summed E-state index contributed by atoms with van der Waals surface area (Å²) in [6.07, 6.45) is 0.508. The van der Waals surface area contributed by atoms with Crippen molar-refractivity contribution in [1.82, 2.24) is 10.6 Å². The van der Waals surface area contributed by atoms with Crippen molar-refractivity contribution in [3.63, 3.8) is 0 Å². The highest BCUT2D eigenvalue weighted by molar-refractivity contribution is 5.76. The first-order valence-electron chi connectivity index (χ1n) is 5.65. The van der Waals surface area contributed by atoms with E-state index in [9.17, 15) is 4.79 Å². The summed E-state index contributed by atoms with van der Waals surface area (Å²) >= 11 is 0. The molecule has 0 saturated carbocycles. The molecule has 0 aromatic heterocycles. The highest BCUT2D eigenvalue weighted by atomic mass is 16.1. The quantitative estimate of drug-likeness (QED) is 0.795. The lowest BCUT2D eigenvalue weighted by atomic mass is 10.1. The van der Waals surface area contributed by atoms with Gasteiger partial charge in [-0.2, -0.15) is 0 Å². The van der Waals surface area contributed by atoms with Crippen LogP contribution in [-0.2, 0) is 4.79 Å². The van der Waals surface area contributed by atoms with Crippen LogP contribution in [0.4, 0.5) is 0 Å². The number of nitrogens with one attached hydrogen (secondary N) is 2. The van der Waals surface area contributed by atoms with Crippen LogP contribution in [0.2, 0.25) is 0 Å². The molecule has 0 fully saturated rings. The molecule has 0 heterocycles. The van der Waals surface area contributed by atoms with Crippen LogP contribution < -0.4 is 10.6 Å². The van der Waals surface area contributed by atoms with Gasteiger partial charge >= 0.3 is 0 Å². The summed E-state index contributed by atoms with van der Waals surface area (Å²) in [5.74, 6) is 0.0697. The molecule has 3 nitrogen and oxygen atoms in total. The number of benzene rings is 1. The van der Waals surface area contributed by atoms with E-state index in [0.717, 1.165) is 0 Å². The molecule has 1 aromatic rings. The van der Waals surface area contributed by atoms with E-state index in [0.29, 0.717) is 6.42 Å².